The molecule has 1 aliphatic heterocycles. The molecule has 2 unspecified atom stereocenters. The number of hydrogen-bond acceptors (Lipinski definition) is 6. The summed E-state index contributed by atoms with van der Waals surface area (Å²) < 4.78 is 14.9. The molecule has 1 aromatic heterocycles. The summed E-state index contributed by atoms with van der Waals surface area (Å²) in [5.74, 6) is -1.39. The van der Waals surface area contributed by atoms with Gasteiger partial charge in [-0.05, 0) is 70.4 Å². The van der Waals surface area contributed by atoms with Gasteiger partial charge in [-0.3, -0.25) is 14.5 Å². The van der Waals surface area contributed by atoms with Crippen molar-refractivity contribution in [2.24, 2.45) is 5.73 Å². The quantitative estimate of drug-likeness (QED) is 0.378. The molecule has 38 heavy (non-hydrogen) atoms. The van der Waals surface area contributed by atoms with E-state index < -0.39 is 11.7 Å². The number of thiazole rings is 1. The van der Waals surface area contributed by atoms with E-state index in [9.17, 15) is 14.0 Å². The van der Waals surface area contributed by atoms with Gasteiger partial charge in [0.05, 0.1) is 17.8 Å². The number of hydrogen-bond donors (Lipinski definition) is 2. The number of carbonyl (C=O) groups excluding carboxylic acids is 2. The lowest BCUT2D eigenvalue weighted by Crippen LogP contribution is -2.42. The van der Waals surface area contributed by atoms with Crippen molar-refractivity contribution >= 4 is 28.8 Å². The third-order valence-electron chi connectivity index (χ3n) is 7.05. The van der Waals surface area contributed by atoms with E-state index >= 15 is 0 Å². The van der Waals surface area contributed by atoms with Crippen molar-refractivity contribution in [1.29, 1.82) is 0 Å². The molecule has 0 bridgehead atoms. The number of likely N-dealkylation sites (tertiary alicyclic amines) is 1. The van der Waals surface area contributed by atoms with Crippen molar-refractivity contribution < 1.29 is 14.0 Å². The van der Waals surface area contributed by atoms with Crippen molar-refractivity contribution in [1.82, 2.24) is 14.8 Å². The number of benzene rings is 2. The second kappa shape index (κ2) is 12.0. The topological polar surface area (TPSA) is 91.6 Å². The minimum absolute atomic E-state index is 0.0103. The predicted molar refractivity (Wildman–Crippen MR) is 150 cm³/mol. The van der Waals surface area contributed by atoms with Gasteiger partial charge in [-0.25, -0.2) is 9.37 Å². The maximum absolute atomic E-state index is 14.9. The molecule has 3 N–H and O–H groups in total. The van der Waals surface area contributed by atoms with Crippen molar-refractivity contribution in [2.75, 3.05) is 11.9 Å². The Morgan fingerprint density at radius 3 is 2.47 bits per heavy atom. The standard InChI is InChI=1S/C29H36FN5O2S/c1-18(2)35(19(3)4)29(37)21-10-8-20(9-11-21)25-16-22(12-14-34(25)17-26-32-13-15-38-26)33-24-7-5-6-23(27(24)30)28(31)36/h5-11,13,15,18-19,22,25,33H,12,14,16-17H2,1-4H3,(H2,31,36). The van der Waals surface area contributed by atoms with E-state index in [1.54, 1.807) is 23.5 Å². The number of piperidine rings is 1. The van der Waals surface area contributed by atoms with E-state index in [0.29, 0.717) is 5.56 Å². The van der Waals surface area contributed by atoms with Gasteiger partial charge in [-0.2, -0.15) is 0 Å². The third-order valence-corrected chi connectivity index (χ3v) is 7.81. The summed E-state index contributed by atoms with van der Waals surface area (Å²) in [6.07, 6.45) is 3.34. The van der Waals surface area contributed by atoms with Crippen molar-refractivity contribution in [3.05, 3.63) is 81.6 Å². The summed E-state index contributed by atoms with van der Waals surface area (Å²) >= 11 is 1.63. The summed E-state index contributed by atoms with van der Waals surface area (Å²) in [7, 11) is 0. The first kappa shape index (κ1) is 27.7. The van der Waals surface area contributed by atoms with E-state index in [1.807, 2.05) is 68.4 Å². The summed E-state index contributed by atoms with van der Waals surface area (Å²) in [6.45, 7) is 9.61. The van der Waals surface area contributed by atoms with Crippen LogP contribution >= 0.6 is 11.3 Å². The van der Waals surface area contributed by atoms with Crippen LogP contribution < -0.4 is 11.1 Å². The van der Waals surface area contributed by atoms with Gasteiger partial charge < -0.3 is 16.0 Å². The minimum atomic E-state index is -0.787. The fourth-order valence-corrected chi connectivity index (χ4v) is 5.94. The van der Waals surface area contributed by atoms with E-state index in [2.05, 4.69) is 15.2 Å². The fraction of sp³-hybridized carbons (Fsp3) is 0.414. The molecule has 202 valence electrons. The van der Waals surface area contributed by atoms with Crippen LogP contribution in [0.5, 0.6) is 0 Å². The highest BCUT2D eigenvalue weighted by Gasteiger charge is 2.31. The normalized spacial score (nSPS) is 18.1. The number of halogens is 1. The van der Waals surface area contributed by atoms with Gasteiger partial charge in [0.1, 0.15) is 5.01 Å². The Labute approximate surface area is 227 Å². The Hall–Kier alpha value is -3.30. The van der Waals surface area contributed by atoms with Gasteiger partial charge >= 0.3 is 0 Å². The maximum Gasteiger partial charge on any atom is 0.254 e. The Morgan fingerprint density at radius 1 is 1.16 bits per heavy atom. The number of nitrogens with two attached hydrogens (primary N) is 1. The van der Waals surface area contributed by atoms with Crippen LogP contribution in [-0.4, -0.2) is 51.3 Å². The first-order valence-electron chi connectivity index (χ1n) is 13.1. The number of carbonyl (C=O) groups is 2. The molecule has 0 saturated carbocycles. The molecule has 3 aromatic rings. The second-order valence-corrected chi connectivity index (χ2v) is 11.3. The Morgan fingerprint density at radius 2 is 1.87 bits per heavy atom. The monoisotopic (exact) mass is 537 g/mol. The molecule has 9 heteroatoms. The van der Waals surface area contributed by atoms with Crippen molar-refractivity contribution in [3.8, 4) is 0 Å². The third kappa shape index (κ3) is 6.22. The van der Waals surface area contributed by atoms with Gasteiger partial charge in [0.15, 0.2) is 5.82 Å². The lowest BCUT2D eigenvalue weighted by molar-refractivity contribution is 0.0643. The molecule has 2 heterocycles. The van der Waals surface area contributed by atoms with Gasteiger partial charge in [-0.1, -0.05) is 18.2 Å². The molecule has 2 aromatic carbocycles. The smallest absolute Gasteiger partial charge is 0.254 e. The second-order valence-electron chi connectivity index (χ2n) is 10.3. The fourth-order valence-electron chi connectivity index (χ4n) is 5.30. The molecule has 2 amide bonds. The average Bonchev–Trinajstić information content (AvgIpc) is 3.39. The maximum atomic E-state index is 14.9. The highest BCUT2D eigenvalue weighted by atomic mass is 32.1. The van der Waals surface area contributed by atoms with E-state index in [1.165, 1.54) is 6.07 Å². The molecule has 1 aliphatic rings. The van der Waals surface area contributed by atoms with E-state index in [-0.39, 0.29) is 41.3 Å². The number of anilines is 1. The molecule has 2 atom stereocenters. The molecule has 0 radical (unpaired) electrons. The van der Waals surface area contributed by atoms with E-state index in [0.717, 1.165) is 36.5 Å². The Bertz CT molecular complexity index is 1240. The lowest BCUT2D eigenvalue weighted by atomic mass is 9.90. The lowest BCUT2D eigenvalue weighted by Gasteiger charge is -2.40. The summed E-state index contributed by atoms with van der Waals surface area (Å²) in [5, 5.41) is 6.32. The zero-order chi connectivity index (χ0) is 27.4. The Kier molecular flexibility index (Phi) is 8.79. The van der Waals surface area contributed by atoms with Crippen LogP contribution in [0.3, 0.4) is 0 Å². The van der Waals surface area contributed by atoms with Crippen LogP contribution in [-0.2, 0) is 6.54 Å². The number of nitrogens with one attached hydrogen (secondary N) is 1. The predicted octanol–water partition coefficient (Wildman–Crippen LogP) is 5.46. The average molecular weight is 538 g/mol. The Balaban J connectivity index is 1.57. The zero-order valence-electron chi connectivity index (χ0n) is 22.4. The van der Waals surface area contributed by atoms with Crippen LogP contribution in [0.15, 0.2) is 54.0 Å². The molecular weight excluding hydrogens is 501 g/mol. The molecule has 0 aliphatic carbocycles. The summed E-state index contributed by atoms with van der Waals surface area (Å²) in [4.78, 5) is 33.5. The van der Waals surface area contributed by atoms with E-state index in [4.69, 9.17) is 5.73 Å². The molecule has 4 rings (SSSR count). The van der Waals surface area contributed by atoms with Gasteiger partial charge in [0.2, 0.25) is 0 Å². The highest BCUT2D eigenvalue weighted by Crippen LogP contribution is 2.35. The van der Waals surface area contributed by atoms with Crippen molar-refractivity contribution in [3.63, 3.8) is 0 Å². The van der Waals surface area contributed by atoms with Crippen LogP contribution in [0.1, 0.15) is 77.9 Å². The van der Waals surface area contributed by atoms with Gasteiger partial charge in [0.25, 0.3) is 11.8 Å². The summed E-state index contributed by atoms with van der Waals surface area (Å²) in [6, 6.07) is 12.8. The number of aromatic nitrogens is 1. The number of primary amides is 1. The highest BCUT2D eigenvalue weighted by molar-refractivity contribution is 7.09. The SMILES string of the molecule is CC(C)N(C(=O)c1ccc(C2CC(Nc3cccc(C(N)=O)c3F)CCN2Cc2nccs2)cc1)C(C)C. The van der Waals surface area contributed by atoms with Crippen LogP contribution in [0.4, 0.5) is 10.1 Å². The molecule has 1 fully saturated rings. The number of nitrogens with zero attached hydrogens (tertiary/aromatic N) is 3. The molecule has 0 spiro atoms. The molecular formula is C29H36FN5O2S. The largest absolute Gasteiger partial charge is 0.380 e. The molecule has 1 saturated heterocycles. The van der Waals surface area contributed by atoms with Crippen LogP contribution in [0, 0.1) is 5.82 Å². The van der Waals surface area contributed by atoms with Crippen LogP contribution in [0.2, 0.25) is 0 Å². The number of rotatable bonds is 9. The van der Waals surface area contributed by atoms with Gasteiger partial charge in [0, 0.05) is 47.9 Å². The van der Waals surface area contributed by atoms with Gasteiger partial charge in [-0.15, -0.1) is 11.3 Å². The van der Waals surface area contributed by atoms with Crippen molar-refractivity contribution in [2.45, 2.75) is 71.2 Å². The minimum Gasteiger partial charge on any atom is -0.380 e. The first-order valence-corrected chi connectivity index (χ1v) is 13.9. The zero-order valence-corrected chi connectivity index (χ0v) is 23.2. The number of amides is 2. The van der Waals surface area contributed by atoms with Crippen LogP contribution in [0.25, 0.3) is 0 Å². The molecule has 7 nitrogen and oxygen atoms in total. The first-order chi connectivity index (χ1) is 18.2. The summed E-state index contributed by atoms with van der Waals surface area (Å²) in [5.41, 5.74) is 7.26.